The molecule has 0 radical (unpaired) electrons. The minimum absolute atomic E-state index is 0.203. The van der Waals surface area contributed by atoms with Gasteiger partial charge in [0.25, 0.3) is 0 Å². The van der Waals surface area contributed by atoms with Gasteiger partial charge in [-0.15, -0.1) is 15.3 Å². The van der Waals surface area contributed by atoms with E-state index in [1.54, 1.807) is 12.1 Å². The number of rotatable bonds is 4. The highest BCUT2D eigenvalue weighted by Gasteiger charge is 2.10. The van der Waals surface area contributed by atoms with Crippen LogP contribution in [-0.4, -0.2) is 31.5 Å². The Morgan fingerprint density at radius 3 is 2.70 bits per heavy atom. The summed E-state index contributed by atoms with van der Waals surface area (Å²) in [5.41, 5.74) is 0.848. The minimum Gasteiger partial charge on any atom is -0.419 e. The molecule has 0 aliphatic heterocycles. The van der Waals surface area contributed by atoms with Crippen LogP contribution >= 0.6 is 0 Å². The standard InChI is InChI=1S/C12H8FN5O2/c13-9-3-1-8(2-4-9)12-16-15-11(20-12)6-18-5-10(7-19)14-17-18/h1-5,7H,6H2. The highest BCUT2D eigenvalue weighted by molar-refractivity contribution is 5.70. The lowest BCUT2D eigenvalue weighted by molar-refractivity contribution is 0.111. The SMILES string of the molecule is O=Cc1cn(Cc2nnc(-c3ccc(F)cc3)o2)nn1. The van der Waals surface area contributed by atoms with Crippen molar-refractivity contribution in [3.05, 3.63) is 47.9 Å². The van der Waals surface area contributed by atoms with Gasteiger partial charge in [0.15, 0.2) is 6.29 Å². The Hall–Kier alpha value is -2.90. The molecule has 8 heteroatoms. The van der Waals surface area contributed by atoms with E-state index in [4.69, 9.17) is 4.42 Å². The Kier molecular flexibility index (Phi) is 3.04. The molecule has 0 unspecified atom stereocenters. The molecule has 2 aromatic heterocycles. The molecule has 3 rings (SSSR count). The van der Waals surface area contributed by atoms with E-state index in [-0.39, 0.29) is 23.9 Å². The highest BCUT2D eigenvalue weighted by Crippen LogP contribution is 2.18. The van der Waals surface area contributed by atoms with Crippen LogP contribution in [0, 0.1) is 5.82 Å². The highest BCUT2D eigenvalue weighted by atomic mass is 19.1. The van der Waals surface area contributed by atoms with Crippen molar-refractivity contribution in [2.45, 2.75) is 6.54 Å². The summed E-state index contributed by atoms with van der Waals surface area (Å²) < 4.78 is 19.7. The number of carbonyl (C=O) groups is 1. The second-order valence-electron chi connectivity index (χ2n) is 3.97. The summed E-state index contributed by atoms with van der Waals surface area (Å²) in [5.74, 6) is 0.264. The Bertz CT molecular complexity index is 734. The van der Waals surface area contributed by atoms with Crippen molar-refractivity contribution in [3.63, 3.8) is 0 Å². The van der Waals surface area contributed by atoms with Crippen molar-refractivity contribution < 1.29 is 13.6 Å². The molecule has 0 amide bonds. The topological polar surface area (TPSA) is 86.7 Å². The third-order valence-corrected chi connectivity index (χ3v) is 2.53. The average Bonchev–Trinajstić information content (AvgIpc) is 3.09. The second kappa shape index (κ2) is 5.00. The maximum absolute atomic E-state index is 12.8. The number of aromatic nitrogens is 5. The molecule has 0 saturated carbocycles. The first kappa shape index (κ1) is 12.2. The molecular formula is C12H8FN5O2. The van der Waals surface area contributed by atoms with Crippen LogP contribution in [-0.2, 0) is 6.54 Å². The molecule has 0 aliphatic carbocycles. The van der Waals surface area contributed by atoms with Crippen LogP contribution in [0.15, 0.2) is 34.9 Å². The number of benzene rings is 1. The second-order valence-corrected chi connectivity index (χ2v) is 3.97. The van der Waals surface area contributed by atoms with E-state index in [1.807, 2.05) is 0 Å². The Labute approximate surface area is 112 Å². The zero-order valence-electron chi connectivity index (χ0n) is 10.1. The molecule has 0 aliphatic rings. The van der Waals surface area contributed by atoms with Crippen molar-refractivity contribution in [1.82, 2.24) is 25.2 Å². The van der Waals surface area contributed by atoms with Gasteiger partial charge >= 0.3 is 0 Å². The van der Waals surface area contributed by atoms with Crippen LogP contribution in [0.5, 0.6) is 0 Å². The monoisotopic (exact) mass is 273 g/mol. The summed E-state index contributed by atoms with van der Waals surface area (Å²) in [6, 6.07) is 5.72. The lowest BCUT2D eigenvalue weighted by Gasteiger charge is -1.94. The van der Waals surface area contributed by atoms with Crippen LogP contribution in [0.25, 0.3) is 11.5 Å². The van der Waals surface area contributed by atoms with E-state index < -0.39 is 0 Å². The van der Waals surface area contributed by atoms with E-state index in [0.29, 0.717) is 17.7 Å². The Morgan fingerprint density at radius 2 is 2.00 bits per heavy atom. The number of carbonyl (C=O) groups excluding carboxylic acids is 1. The fourth-order valence-electron chi connectivity index (χ4n) is 1.61. The van der Waals surface area contributed by atoms with Crippen LogP contribution < -0.4 is 0 Å². The fourth-order valence-corrected chi connectivity index (χ4v) is 1.61. The van der Waals surface area contributed by atoms with Gasteiger partial charge in [0, 0.05) is 5.56 Å². The minimum atomic E-state index is -0.336. The van der Waals surface area contributed by atoms with Gasteiger partial charge in [0.05, 0.1) is 6.20 Å². The zero-order valence-corrected chi connectivity index (χ0v) is 10.1. The summed E-state index contributed by atoms with van der Waals surface area (Å²) in [6.07, 6.45) is 2.07. The lowest BCUT2D eigenvalue weighted by Crippen LogP contribution is -2.00. The number of hydrogen-bond acceptors (Lipinski definition) is 6. The summed E-state index contributed by atoms with van der Waals surface area (Å²) in [5, 5.41) is 15.1. The predicted molar refractivity (Wildman–Crippen MR) is 64.2 cm³/mol. The van der Waals surface area contributed by atoms with Crippen LogP contribution in [0.2, 0.25) is 0 Å². The number of aldehydes is 1. The maximum atomic E-state index is 12.8. The van der Waals surface area contributed by atoms with Crippen molar-refractivity contribution in [3.8, 4) is 11.5 Å². The van der Waals surface area contributed by atoms with Gasteiger partial charge < -0.3 is 4.42 Å². The van der Waals surface area contributed by atoms with Crippen LogP contribution in [0.1, 0.15) is 16.4 Å². The van der Waals surface area contributed by atoms with Crippen molar-refractivity contribution in [2.75, 3.05) is 0 Å². The van der Waals surface area contributed by atoms with Gasteiger partial charge in [0.1, 0.15) is 18.1 Å². The third-order valence-electron chi connectivity index (χ3n) is 2.53. The van der Waals surface area contributed by atoms with Crippen molar-refractivity contribution in [2.24, 2.45) is 0 Å². The Balaban J connectivity index is 1.79. The number of halogens is 1. The summed E-state index contributed by atoms with van der Waals surface area (Å²) >= 11 is 0. The first-order chi connectivity index (χ1) is 9.74. The fraction of sp³-hybridized carbons (Fsp3) is 0.0833. The summed E-state index contributed by atoms with van der Waals surface area (Å²) in [7, 11) is 0. The van der Waals surface area contributed by atoms with E-state index in [0.717, 1.165) is 0 Å². The van der Waals surface area contributed by atoms with E-state index in [1.165, 1.54) is 23.0 Å². The molecule has 1 aromatic carbocycles. The summed E-state index contributed by atoms with van der Waals surface area (Å²) in [4.78, 5) is 10.5. The molecule has 0 fully saturated rings. The van der Waals surface area contributed by atoms with Gasteiger partial charge in [-0.1, -0.05) is 5.21 Å². The summed E-state index contributed by atoms with van der Waals surface area (Å²) in [6.45, 7) is 0.203. The van der Waals surface area contributed by atoms with Gasteiger partial charge in [-0.05, 0) is 24.3 Å². The molecule has 0 spiro atoms. The Morgan fingerprint density at radius 1 is 1.20 bits per heavy atom. The van der Waals surface area contributed by atoms with Gasteiger partial charge in [-0.2, -0.15) is 0 Å². The number of nitrogens with zero attached hydrogens (tertiary/aromatic N) is 5. The lowest BCUT2D eigenvalue weighted by atomic mass is 10.2. The molecule has 3 aromatic rings. The van der Waals surface area contributed by atoms with Crippen LogP contribution in [0.3, 0.4) is 0 Å². The zero-order chi connectivity index (χ0) is 13.9. The van der Waals surface area contributed by atoms with Gasteiger partial charge in [-0.25, -0.2) is 9.07 Å². The molecule has 20 heavy (non-hydrogen) atoms. The van der Waals surface area contributed by atoms with Gasteiger partial charge in [-0.3, -0.25) is 4.79 Å². The molecule has 2 heterocycles. The molecule has 0 saturated heterocycles. The smallest absolute Gasteiger partial charge is 0.247 e. The van der Waals surface area contributed by atoms with Gasteiger partial charge in [0.2, 0.25) is 11.8 Å². The van der Waals surface area contributed by atoms with Crippen molar-refractivity contribution in [1.29, 1.82) is 0 Å². The largest absolute Gasteiger partial charge is 0.419 e. The van der Waals surface area contributed by atoms with E-state index >= 15 is 0 Å². The molecule has 100 valence electrons. The quantitative estimate of drug-likeness (QED) is 0.666. The molecule has 0 atom stereocenters. The first-order valence-electron chi connectivity index (χ1n) is 5.68. The maximum Gasteiger partial charge on any atom is 0.247 e. The van der Waals surface area contributed by atoms with Crippen molar-refractivity contribution >= 4 is 6.29 Å². The molecular weight excluding hydrogens is 265 g/mol. The molecule has 0 bridgehead atoms. The molecule has 7 nitrogen and oxygen atoms in total. The van der Waals surface area contributed by atoms with Crippen LogP contribution in [0.4, 0.5) is 4.39 Å². The number of hydrogen-bond donors (Lipinski definition) is 0. The average molecular weight is 273 g/mol. The molecule has 0 N–H and O–H groups in total. The predicted octanol–water partition coefficient (Wildman–Crippen LogP) is 1.33. The first-order valence-corrected chi connectivity index (χ1v) is 5.68. The van der Waals surface area contributed by atoms with E-state index in [2.05, 4.69) is 20.5 Å². The normalized spacial score (nSPS) is 10.7. The van der Waals surface area contributed by atoms with E-state index in [9.17, 15) is 9.18 Å². The third kappa shape index (κ3) is 2.44.